The number of aryl methyl sites for hydroxylation is 1. The Morgan fingerprint density at radius 2 is 2.06 bits per heavy atom. The monoisotopic (exact) mass is 218 g/mol. The normalized spacial score (nSPS) is 26.1. The zero-order chi connectivity index (χ0) is 11.5. The topological polar surface area (TPSA) is 84.0 Å². The van der Waals surface area contributed by atoms with Crippen LogP contribution in [0.3, 0.4) is 0 Å². The minimum Gasteiger partial charge on any atom is -0.349 e. The number of hydrogen-bond acceptors (Lipinski definition) is 4. The second-order valence-electron chi connectivity index (χ2n) is 4.31. The average molecular weight is 218 g/mol. The molecule has 1 unspecified atom stereocenters. The lowest BCUT2D eigenvalue weighted by molar-refractivity contribution is -0.120. The van der Waals surface area contributed by atoms with Crippen molar-refractivity contribution >= 4 is 17.6 Å². The van der Waals surface area contributed by atoms with Crippen molar-refractivity contribution in [1.29, 1.82) is 0 Å². The highest BCUT2D eigenvalue weighted by atomic mass is 16.2. The van der Waals surface area contributed by atoms with E-state index in [4.69, 9.17) is 0 Å². The Hall–Kier alpha value is -1.98. The molecule has 3 heterocycles. The smallest absolute Gasteiger partial charge is 0.270 e. The summed E-state index contributed by atoms with van der Waals surface area (Å²) in [4.78, 5) is 31.8. The molecule has 0 aromatic carbocycles. The molecule has 2 aliphatic rings. The van der Waals surface area contributed by atoms with Gasteiger partial charge in [0, 0.05) is 12.1 Å². The van der Waals surface area contributed by atoms with Crippen molar-refractivity contribution in [1.82, 2.24) is 15.3 Å². The number of nitrogens with one attached hydrogen (secondary N) is 2. The Morgan fingerprint density at radius 1 is 1.31 bits per heavy atom. The van der Waals surface area contributed by atoms with Crippen LogP contribution in [0.2, 0.25) is 0 Å². The van der Waals surface area contributed by atoms with Crippen LogP contribution in [0.25, 0.3) is 0 Å². The molecule has 2 amide bonds. The maximum absolute atomic E-state index is 11.9. The number of hydrogen-bond donors (Lipinski definition) is 2. The third kappa shape index (κ3) is 0.911. The zero-order valence-corrected chi connectivity index (χ0v) is 8.92. The highest BCUT2D eigenvalue weighted by Gasteiger charge is 2.49. The van der Waals surface area contributed by atoms with Crippen LogP contribution in [0.15, 0.2) is 0 Å². The van der Waals surface area contributed by atoms with Crippen LogP contribution >= 0.6 is 0 Å². The van der Waals surface area contributed by atoms with Crippen LogP contribution in [-0.2, 0) is 10.2 Å². The van der Waals surface area contributed by atoms with E-state index in [0.717, 1.165) is 0 Å². The van der Waals surface area contributed by atoms with Gasteiger partial charge in [0.1, 0.15) is 17.3 Å². The van der Waals surface area contributed by atoms with Crippen molar-refractivity contribution in [3.05, 3.63) is 17.1 Å². The molecule has 0 spiro atoms. The Balaban J connectivity index is 2.37. The van der Waals surface area contributed by atoms with Gasteiger partial charge in [0.05, 0.1) is 5.41 Å². The maximum Gasteiger partial charge on any atom is 0.270 e. The van der Waals surface area contributed by atoms with Crippen molar-refractivity contribution in [2.75, 3.05) is 11.9 Å². The summed E-state index contributed by atoms with van der Waals surface area (Å²) >= 11 is 0. The largest absolute Gasteiger partial charge is 0.349 e. The van der Waals surface area contributed by atoms with Crippen LogP contribution in [0.4, 0.5) is 5.82 Å². The van der Waals surface area contributed by atoms with E-state index >= 15 is 0 Å². The summed E-state index contributed by atoms with van der Waals surface area (Å²) < 4.78 is 0. The standard InChI is InChI=1S/C10H10N4O2/c1-4-12-6-5-7(13-4)14-9(16)10(5,2)3-11-8(6)15/h3H2,1-2H3,(H,11,15)(H,12,13,14,16). The molecule has 0 bridgehead atoms. The Bertz CT molecular complexity index is 540. The molecule has 2 N–H and O–H groups in total. The number of nitrogens with zero attached hydrogens (tertiary/aromatic N) is 2. The van der Waals surface area contributed by atoms with Gasteiger partial charge in [0.2, 0.25) is 5.91 Å². The van der Waals surface area contributed by atoms with Gasteiger partial charge in [-0.2, -0.15) is 0 Å². The molecule has 2 aliphatic heterocycles. The van der Waals surface area contributed by atoms with E-state index in [1.54, 1.807) is 13.8 Å². The fourth-order valence-electron chi connectivity index (χ4n) is 2.22. The zero-order valence-electron chi connectivity index (χ0n) is 8.92. The first-order valence-corrected chi connectivity index (χ1v) is 5.01. The van der Waals surface area contributed by atoms with E-state index in [0.29, 0.717) is 29.4 Å². The van der Waals surface area contributed by atoms with E-state index in [2.05, 4.69) is 20.6 Å². The third-order valence-corrected chi connectivity index (χ3v) is 3.12. The van der Waals surface area contributed by atoms with E-state index in [9.17, 15) is 9.59 Å². The summed E-state index contributed by atoms with van der Waals surface area (Å²) in [6.45, 7) is 3.78. The Labute approximate surface area is 91.5 Å². The summed E-state index contributed by atoms with van der Waals surface area (Å²) in [5.41, 5.74) is 0.216. The Kier molecular flexibility index (Phi) is 1.49. The van der Waals surface area contributed by atoms with Gasteiger partial charge in [-0.1, -0.05) is 0 Å². The quantitative estimate of drug-likeness (QED) is 0.628. The number of carbonyl (C=O) groups is 2. The van der Waals surface area contributed by atoms with Gasteiger partial charge in [-0.15, -0.1) is 0 Å². The van der Waals surface area contributed by atoms with Crippen LogP contribution in [-0.4, -0.2) is 28.3 Å². The number of aromatic nitrogens is 2. The van der Waals surface area contributed by atoms with Crippen molar-refractivity contribution in [3.8, 4) is 0 Å². The molecule has 6 heteroatoms. The van der Waals surface area contributed by atoms with Gasteiger partial charge < -0.3 is 10.6 Å². The van der Waals surface area contributed by atoms with Crippen LogP contribution in [0, 0.1) is 6.92 Å². The first kappa shape index (κ1) is 9.26. The fourth-order valence-corrected chi connectivity index (χ4v) is 2.22. The molecule has 1 atom stereocenters. The summed E-state index contributed by atoms with van der Waals surface area (Å²) in [5.74, 6) is 0.583. The molecule has 1 aromatic heterocycles. The number of amides is 2. The lowest BCUT2D eigenvalue weighted by atomic mass is 9.81. The highest BCUT2D eigenvalue weighted by Crippen LogP contribution is 2.39. The summed E-state index contributed by atoms with van der Waals surface area (Å²) in [6.07, 6.45) is 0. The van der Waals surface area contributed by atoms with Gasteiger partial charge in [0.15, 0.2) is 0 Å². The lowest BCUT2D eigenvalue weighted by Gasteiger charge is -2.27. The van der Waals surface area contributed by atoms with Crippen molar-refractivity contribution in [2.45, 2.75) is 19.3 Å². The van der Waals surface area contributed by atoms with E-state index in [1.165, 1.54) is 0 Å². The molecular weight excluding hydrogens is 208 g/mol. The molecule has 1 aromatic rings. The first-order valence-electron chi connectivity index (χ1n) is 5.01. The van der Waals surface area contributed by atoms with Crippen molar-refractivity contribution < 1.29 is 9.59 Å². The number of carbonyl (C=O) groups excluding carboxylic acids is 2. The highest BCUT2D eigenvalue weighted by molar-refractivity contribution is 6.11. The van der Waals surface area contributed by atoms with Gasteiger partial charge in [-0.05, 0) is 13.8 Å². The summed E-state index contributed by atoms with van der Waals surface area (Å²) in [6, 6.07) is 0. The second-order valence-corrected chi connectivity index (χ2v) is 4.31. The van der Waals surface area contributed by atoms with Gasteiger partial charge in [-0.3, -0.25) is 9.59 Å². The van der Waals surface area contributed by atoms with Crippen LogP contribution in [0.1, 0.15) is 28.8 Å². The van der Waals surface area contributed by atoms with E-state index in [1.807, 2.05) is 0 Å². The molecular formula is C10H10N4O2. The molecule has 0 saturated heterocycles. The first-order chi connectivity index (χ1) is 7.52. The van der Waals surface area contributed by atoms with E-state index < -0.39 is 5.41 Å². The molecule has 0 saturated carbocycles. The minimum absolute atomic E-state index is 0.136. The molecule has 16 heavy (non-hydrogen) atoms. The molecule has 0 fully saturated rings. The van der Waals surface area contributed by atoms with E-state index in [-0.39, 0.29) is 11.8 Å². The second kappa shape index (κ2) is 2.58. The average Bonchev–Trinajstić information content (AvgIpc) is 2.46. The minimum atomic E-state index is -0.730. The molecule has 0 aliphatic carbocycles. The van der Waals surface area contributed by atoms with Gasteiger partial charge in [0.25, 0.3) is 5.91 Å². The summed E-state index contributed by atoms with van der Waals surface area (Å²) in [7, 11) is 0. The SMILES string of the molecule is Cc1nc2c3c(n1)C(=O)NCC3(C)C(=O)N2. The van der Waals surface area contributed by atoms with Crippen LogP contribution < -0.4 is 10.6 Å². The molecule has 3 rings (SSSR count). The number of rotatable bonds is 0. The number of anilines is 1. The summed E-state index contributed by atoms with van der Waals surface area (Å²) in [5, 5.41) is 5.38. The van der Waals surface area contributed by atoms with Crippen LogP contribution in [0.5, 0.6) is 0 Å². The van der Waals surface area contributed by atoms with Gasteiger partial charge >= 0.3 is 0 Å². The maximum atomic E-state index is 11.9. The molecule has 82 valence electrons. The predicted molar refractivity (Wildman–Crippen MR) is 55.1 cm³/mol. The fraction of sp³-hybridized carbons (Fsp3) is 0.400. The molecule has 0 radical (unpaired) electrons. The van der Waals surface area contributed by atoms with Gasteiger partial charge in [-0.25, -0.2) is 9.97 Å². The third-order valence-electron chi connectivity index (χ3n) is 3.12. The predicted octanol–water partition coefficient (Wildman–Crippen LogP) is -0.262. The van der Waals surface area contributed by atoms with Crippen molar-refractivity contribution in [2.24, 2.45) is 0 Å². The molecule has 6 nitrogen and oxygen atoms in total. The Morgan fingerprint density at radius 3 is 2.81 bits per heavy atom. The van der Waals surface area contributed by atoms with Crippen molar-refractivity contribution in [3.63, 3.8) is 0 Å². The lowest BCUT2D eigenvalue weighted by Crippen LogP contribution is -2.48.